The van der Waals surface area contributed by atoms with Gasteiger partial charge in [0.25, 0.3) is 0 Å². The number of rotatable bonds is 3. The van der Waals surface area contributed by atoms with Gasteiger partial charge in [-0.2, -0.15) is 0 Å². The van der Waals surface area contributed by atoms with Crippen molar-refractivity contribution in [3.8, 4) is 0 Å². The van der Waals surface area contributed by atoms with Crippen LogP contribution in [0.1, 0.15) is 113 Å². The molecule has 7 rings (SSSR count). The van der Waals surface area contributed by atoms with Crippen molar-refractivity contribution < 1.29 is 29.3 Å². The monoisotopic (exact) mass is 568 g/mol. The largest absolute Gasteiger partial charge is 0.481 e. The number of aliphatic hydroxyl groups is 1. The van der Waals surface area contributed by atoms with Gasteiger partial charge in [0.2, 0.25) is 0 Å². The predicted octanol–water partition coefficient (Wildman–Crippen LogP) is 7.06. The summed E-state index contributed by atoms with van der Waals surface area (Å²) < 4.78 is 12.4. The summed E-state index contributed by atoms with van der Waals surface area (Å²) in [6, 6.07) is 0. The molecule has 6 nitrogen and oxygen atoms in total. The number of hydrogen-bond acceptors (Lipinski definition) is 5. The standard InChI is InChI=1S/C35H52O6/c1-21(2)17-27(36)41-26-19-29(3,4)18-23-22-9-10-25-32(8,31(22,7)13-15-34(23,26)28(37)38)12-11-24-30(5,6)35(39)16-14-33(24,25)20-40-35/h9,17,23-26,39H,10-16,18-20H2,1-8H3,(H,37,38)/t23?,24?,25?,26-,31?,32-,33-,34+,35+/m1/s1. The Kier molecular flexibility index (Phi) is 6.25. The third-order valence-corrected chi connectivity index (χ3v) is 14.1. The zero-order chi connectivity index (χ0) is 30.0. The number of ether oxygens (including phenoxy) is 2. The molecule has 0 amide bonds. The van der Waals surface area contributed by atoms with E-state index in [0.29, 0.717) is 37.7 Å². The highest BCUT2D eigenvalue weighted by Crippen LogP contribution is 2.78. The Labute approximate surface area is 246 Å². The van der Waals surface area contributed by atoms with Gasteiger partial charge in [-0.25, -0.2) is 4.79 Å². The average molecular weight is 569 g/mol. The molecular formula is C35H52O6. The van der Waals surface area contributed by atoms with Gasteiger partial charge >= 0.3 is 11.9 Å². The van der Waals surface area contributed by atoms with Gasteiger partial charge < -0.3 is 19.7 Å². The van der Waals surface area contributed by atoms with Crippen LogP contribution >= 0.6 is 0 Å². The number of hydrogen-bond donors (Lipinski definition) is 2. The maximum Gasteiger partial charge on any atom is 0.330 e. The Morgan fingerprint density at radius 1 is 0.976 bits per heavy atom. The molecule has 0 radical (unpaired) electrons. The van der Waals surface area contributed by atoms with Crippen molar-refractivity contribution >= 4 is 11.9 Å². The molecule has 0 aromatic rings. The Hall–Kier alpha value is -1.66. The number of aliphatic carboxylic acids is 1. The second-order valence-electron chi connectivity index (χ2n) is 16.9. The number of fused-ring (bicyclic) bond motifs is 7. The zero-order valence-electron chi connectivity index (χ0n) is 26.6. The summed E-state index contributed by atoms with van der Waals surface area (Å²) in [5, 5.41) is 22.4. The van der Waals surface area contributed by atoms with Crippen molar-refractivity contribution in [2.24, 2.45) is 50.2 Å². The third-order valence-electron chi connectivity index (χ3n) is 14.1. The summed E-state index contributed by atoms with van der Waals surface area (Å²) >= 11 is 0. The first-order valence-electron chi connectivity index (χ1n) is 16.0. The smallest absolute Gasteiger partial charge is 0.330 e. The predicted molar refractivity (Wildman–Crippen MR) is 157 cm³/mol. The Balaban J connectivity index is 1.44. The first kappa shape index (κ1) is 29.4. The van der Waals surface area contributed by atoms with E-state index in [1.54, 1.807) is 0 Å². The minimum atomic E-state index is -1.11. The third kappa shape index (κ3) is 3.62. The first-order valence-corrected chi connectivity index (χ1v) is 16.0. The lowest BCUT2D eigenvalue weighted by Crippen LogP contribution is -2.73. The number of esters is 1. The zero-order valence-corrected chi connectivity index (χ0v) is 26.6. The number of carbonyl (C=O) groups is 2. The SMILES string of the molecule is CC(C)=CC(=O)O[C@@H]1CC(C)(C)CC2C3=CCC4[C@]56CC[C@](O)(OC5)C(C)(C)C6CC[C@@]4(C)C3(C)CC[C@]21C(=O)O. The van der Waals surface area contributed by atoms with Crippen LogP contribution in [0, 0.1) is 50.2 Å². The normalized spacial score (nSPS) is 48.9. The molecule has 2 saturated heterocycles. The van der Waals surface area contributed by atoms with Gasteiger partial charge in [0, 0.05) is 29.2 Å². The van der Waals surface area contributed by atoms with Crippen LogP contribution in [0.15, 0.2) is 23.3 Å². The highest BCUT2D eigenvalue weighted by atomic mass is 16.6. The molecule has 5 aliphatic carbocycles. The van der Waals surface area contributed by atoms with Gasteiger partial charge in [-0.05, 0) is 93.3 Å². The molecule has 41 heavy (non-hydrogen) atoms. The number of allylic oxidation sites excluding steroid dienone is 3. The van der Waals surface area contributed by atoms with E-state index < -0.39 is 29.2 Å². The lowest BCUT2D eigenvalue weighted by atomic mass is 9.32. The van der Waals surface area contributed by atoms with Crippen molar-refractivity contribution in [2.45, 2.75) is 125 Å². The Morgan fingerprint density at radius 3 is 2.29 bits per heavy atom. The van der Waals surface area contributed by atoms with Gasteiger partial charge in [-0.1, -0.05) is 58.8 Å². The number of carboxylic acids is 1. The van der Waals surface area contributed by atoms with Crippen molar-refractivity contribution in [3.63, 3.8) is 0 Å². The van der Waals surface area contributed by atoms with Crippen LogP contribution in [0.5, 0.6) is 0 Å². The van der Waals surface area contributed by atoms with Crippen LogP contribution in [0.25, 0.3) is 0 Å². The average Bonchev–Trinajstić information content (AvgIpc) is 2.84. The molecule has 4 unspecified atom stereocenters. The summed E-state index contributed by atoms with van der Waals surface area (Å²) in [5.41, 5.74) is 0.486. The maximum absolute atomic E-state index is 13.4. The molecule has 2 bridgehead atoms. The highest BCUT2D eigenvalue weighted by molar-refractivity contribution is 5.84. The molecule has 7 aliphatic rings. The van der Waals surface area contributed by atoms with Crippen LogP contribution < -0.4 is 0 Å². The van der Waals surface area contributed by atoms with E-state index in [2.05, 4.69) is 47.6 Å². The van der Waals surface area contributed by atoms with E-state index in [1.807, 2.05) is 13.8 Å². The van der Waals surface area contributed by atoms with Gasteiger partial charge in [0.1, 0.15) is 11.5 Å². The molecule has 0 aromatic heterocycles. The molecule has 6 heteroatoms. The van der Waals surface area contributed by atoms with E-state index in [9.17, 15) is 19.8 Å². The van der Waals surface area contributed by atoms with E-state index in [-0.39, 0.29) is 33.0 Å². The topological polar surface area (TPSA) is 93.1 Å². The van der Waals surface area contributed by atoms with Crippen LogP contribution in [-0.4, -0.2) is 40.6 Å². The van der Waals surface area contributed by atoms with Gasteiger partial charge in [0.15, 0.2) is 5.79 Å². The maximum atomic E-state index is 13.4. The lowest BCUT2D eigenvalue weighted by molar-refractivity contribution is -0.395. The summed E-state index contributed by atoms with van der Waals surface area (Å²) in [6.45, 7) is 18.1. The van der Waals surface area contributed by atoms with Crippen molar-refractivity contribution in [2.75, 3.05) is 6.61 Å². The second-order valence-corrected chi connectivity index (χ2v) is 16.9. The fourth-order valence-electron chi connectivity index (χ4n) is 11.8. The quantitative estimate of drug-likeness (QED) is 0.215. The van der Waals surface area contributed by atoms with E-state index in [1.165, 1.54) is 11.6 Å². The molecule has 2 aliphatic heterocycles. The minimum Gasteiger partial charge on any atom is -0.481 e. The Bertz CT molecular complexity index is 1210. The van der Waals surface area contributed by atoms with Gasteiger partial charge in [0.05, 0.1) is 6.61 Å². The van der Waals surface area contributed by atoms with Gasteiger partial charge in [-0.15, -0.1) is 0 Å². The second kappa shape index (κ2) is 8.71. The summed E-state index contributed by atoms with van der Waals surface area (Å²) in [4.78, 5) is 26.3. The van der Waals surface area contributed by atoms with Gasteiger partial charge in [-0.3, -0.25) is 4.79 Å². The molecule has 1 spiro atoms. The molecule has 6 fully saturated rings. The molecule has 4 saturated carbocycles. The molecule has 9 atom stereocenters. The van der Waals surface area contributed by atoms with Crippen LogP contribution in [0.4, 0.5) is 0 Å². The lowest BCUT2D eigenvalue weighted by Gasteiger charge is -2.74. The van der Waals surface area contributed by atoms with E-state index >= 15 is 0 Å². The number of carboxylic acid groups (broad SMARTS) is 1. The first-order chi connectivity index (χ1) is 18.9. The van der Waals surface area contributed by atoms with Crippen molar-refractivity contribution in [1.82, 2.24) is 0 Å². The molecular weight excluding hydrogens is 516 g/mol. The fourth-order valence-corrected chi connectivity index (χ4v) is 11.8. The van der Waals surface area contributed by atoms with Crippen molar-refractivity contribution in [1.29, 1.82) is 0 Å². The summed E-state index contributed by atoms with van der Waals surface area (Å²) in [7, 11) is 0. The summed E-state index contributed by atoms with van der Waals surface area (Å²) in [6.07, 6.45) is 10.6. The summed E-state index contributed by atoms with van der Waals surface area (Å²) in [5.74, 6) is -1.63. The van der Waals surface area contributed by atoms with Crippen LogP contribution in [0.2, 0.25) is 0 Å². The number of carbonyl (C=O) groups excluding carboxylic acids is 1. The highest BCUT2D eigenvalue weighted by Gasteiger charge is 2.75. The van der Waals surface area contributed by atoms with Crippen LogP contribution in [0.3, 0.4) is 0 Å². The molecule has 0 aromatic carbocycles. The fraction of sp³-hybridized carbons (Fsp3) is 0.829. The van der Waals surface area contributed by atoms with Crippen molar-refractivity contribution in [3.05, 3.63) is 23.3 Å². The van der Waals surface area contributed by atoms with Crippen LogP contribution in [-0.2, 0) is 19.1 Å². The van der Waals surface area contributed by atoms with E-state index in [4.69, 9.17) is 9.47 Å². The minimum absolute atomic E-state index is 0.000304. The Morgan fingerprint density at radius 2 is 1.68 bits per heavy atom. The van der Waals surface area contributed by atoms with E-state index in [0.717, 1.165) is 44.1 Å². The molecule has 228 valence electrons. The molecule has 2 N–H and O–H groups in total. The molecule has 2 heterocycles.